The molecule has 0 aliphatic rings. The number of hydrogen-bond donors (Lipinski definition) is 1. The summed E-state index contributed by atoms with van der Waals surface area (Å²) in [6.45, 7) is 2.10. The average molecular weight is 363 g/mol. The van der Waals surface area contributed by atoms with Crippen LogP contribution in [0.3, 0.4) is 0 Å². The van der Waals surface area contributed by atoms with Crippen LogP contribution in [0.25, 0.3) is 17.5 Å². The van der Waals surface area contributed by atoms with Gasteiger partial charge in [0.05, 0.1) is 0 Å². The summed E-state index contributed by atoms with van der Waals surface area (Å²) in [6, 6.07) is 16.6. The van der Waals surface area contributed by atoms with Crippen LogP contribution in [0.2, 0.25) is 0 Å². The lowest BCUT2D eigenvalue weighted by Gasteiger charge is -2.04. The normalized spacial score (nSPS) is 10.9. The van der Waals surface area contributed by atoms with Crippen LogP contribution < -0.4 is 4.74 Å². The van der Waals surface area contributed by atoms with Crippen LogP contribution in [0.15, 0.2) is 65.1 Å². The van der Waals surface area contributed by atoms with Crippen molar-refractivity contribution in [1.29, 1.82) is 0 Å². The lowest BCUT2D eigenvalue weighted by Crippen LogP contribution is -2.08. The van der Waals surface area contributed by atoms with E-state index in [9.17, 15) is 9.59 Å². The second-order valence-electron chi connectivity index (χ2n) is 5.75. The van der Waals surface area contributed by atoms with Gasteiger partial charge >= 0.3 is 5.97 Å². The fourth-order valence-electron chi connectivity index (χ4n) is 2.34. The Morgan fingerprint density at radius 3 is 2.48 bits per heavy atom. The molecule has 0 saturated carbocycles. The van der Waals surface area contributed by atoms with Gasteiger partial charge in [0.2, 0.25) is 5.89 Å². The SMILES string of the molecule is Cc1oc(-c2ccccc2)nc1COc1ccc(/C=C/C(=O)C(=O)O)cc1. The first kappa shape index (κ1) is 18.1. The number of aliphatic carboxylic acids is 1. The molecule has 0 unspecified atom stereocenters. The standard InChI is InChI=1S/C21H17NO5/c1-14-18(22-20(27-14)16-5-3-2-4-6-16)13-26-17-10-7-15(8-11-17)9-12-19(23)21(24)25/h2-12H,13H2,1H3,(H,24,25)/b12-9+. The number of ketones is 1. The maximum absolute atomic E-state index is 11.1. The first-order valence-electron chi connectivity index (χ1n) is 8.23. The third-order valence-electron chi connectivity index (χ3n) is 3.81. The molecule has 1 heterocycles. The molecule has 0 fully saturated rings. The summed E-state index contributed by atoms with van der Waals surface area (Å²) in [7, 11) is 0. The zero-order chi connectivity index (χ0) is 19.2. The highest BCUT2D eigenvalue weighted by Crippen LogP contribution is 2.22. The van der Waals surface area contributed by atoms with E-state index in [4.69, 9.17) is 14.3 Å². The molecule has 0 bridgehead atoms. The van der Waals surface area contributed by atoms with Gasteiger partial charge < -0.3 is 14.3 Å². The molecule has 2 aromatic carbocycles. The van der Waals surface area contributed by atoms with E-state index in [1.165, 1.54) is 6.08 Å². The lowest BCUT2D eigenvalue weighted by molar-refractivity contribution is -0.146. The number of nitrogens with zero attached hydrogens (tertiary/aromatic N) is 1. The molecular weight excluding hydrogens is 346 g/mol. The van der Waals surface area contributed by atoms with Gasteiger partial charge in [0.1, 0.15) is 23.8 Å². The zero-order valence-corrected chi connectivity index (χ0v) is 14.6. The molecule has 27 heavy (non-hydrogen) atoms. The van der Waals surface area contributed by atoms with Gasteiger partial charge in [0, 0.05) is 5.56 Å². The third kappa shape index (κ3) is 4.70. The Labute approximate surface area is 155 Å². The molecule has 0 aliphatic heterocycles. The molecule has 3 aromatic rings. The molecule has 136 valence electrons. The predicted octanol–water partition coefficient (Wildman–Crippen LogP) is 3.90. The number of aryl methyl sites for hydroxylation is 1. The van der Waals surface area contributed by atoms with E-state index in [1.807, 2.05) is 37.3 Å². The Morgan fingerprint density at radius 1 is 1.11 bits per heavy atom. The Balaban J connectivity index is 1.63. The maximum atomic E-state index is 11.1. The molecule has 6 nitrogen and oxygen atoms in total. The van der Waals surface area contributed by atoms with Crippen LogP contribution >= 0.6 is 0 Å². The predicted molar refractivity (Wildman–Crippen MR) is 99.1 cm³/mol. The molecule has 0 amide bonds. The van der Waals surface area contributed by atoms with Crippen LogP contribution in [0.5, 0.6) is 5.75 Å². The van der Waals surface area contributed by atoms with Crippen molar-refractivity contribution in [1.82, 2.24) is 4.98 Å². The van der Waals surface area contributed by atoms with Crippen molar-refractivity contribution in [3.63, 3.8) is 0 Å². The van der Waals surface area contributed by atoms with Gasteiger partial charge in [-0.2, -0.15) is 0 Å². The fourth-order valence-corrected chi connectivity index (χ4v) is 2.34. The molecule has 6 heteroatoms. The smallest absolute Gasteiger partial charge is 0.376 e. The number of carbonyl (C=O) groups is 2. The molecule has 0 saturated heterocycles. The van der Waals surface area contributed by atoms with E-state index >= 15 is 0 Å². The number of carbonyl (C=O) groups excluding carboxylic acids is 1. The van der Waals surface area contributed by atoms with E-state index in [-0.39, 0.29) is 6.61 Å². The minimum absolute atomic E-state index is 0.259. The van der Waals surface area contributed by atoms with Gasteiger partial charge in [0.25, 0.3) is 5.78 Å². The highest BCUT2D eigenvalue weighted by Gasteiger charge is 2.12. The quantitative estimate of drug-likeness (QED) is 0.506. The minimum atomic E-state index is -1.48. The van der Waals surface area contributed by atoms with E-state index < -0.39 is 11.8 Å². The molecule has 3 rings (SSSR count). The molecule has 0 atom stereocenters. The van der Waals surface area contributed by atoms with Crippen molar-refractivity contribution in [3.05, 3.63) is 77.7 Å². The number of aromatic nitrogens is 1. The van der Waals surface area contributed by atoms with Crippen molar-refractivity contribution in [2.24, 2.45) is 0 Å². The van der Waals surface area contributed by atoms with Crippen LogP contribution in [-0.4, -0.2) is 21.8 Å². The topological polar surface area (TPSA) is 89.6 Å². The lowest BCUT2D eigenvalue weighted by atomic mass is 10.2. The third-order valence-corrected chi connectivity index (χ3v) is 3.81. The van der Waals surface area contributed by atoms with E-state index in [0.29, 0.717) is 28.7 Å². The van der Waals surface area contributed by atoms with Crippen LogP contribution in [0.1, 0.15) is 17.0 Å². The number of oxazole rings is 1. The van der Waals surface area contributed by atoms with Gasteiger partial charge in [-0.15, -0.1) is 0 Å². The summed E-state index contributed by atoms with van der Waals surface area (Å²) < 4.78 is 11.4. The summed E-state index contributed by atoms with van der Waals surface area (Å²) in [4.78, 5) is 26.0. The van der Waals surface area contributed by atoms with Crippen molar-refractivity contribution in [2.75, 3.05) is 0 Å². The van der Waals surface area contributed by atoms with Gasteiger partial charge in [-0.25, -0.2) is 9.78 Å². The van der Waals surface area contributed by atoms with Gasteiger partial charge in [0.15, 0.2) is 0 Å². The summed E-state index contributed by atoms with van der Waals surface area (Å²) in [5, 5.41) is 8.54. The van der Waals surface area contributed by atoms with Gasteiger partial charge in [-0.05, 0) is 42.8 Å². The largest absolute Gasteiger partial charge is 0.487 e. The average Bonchev–Trinajstić information content (AvgIpc) is 3.06. The number of carboxylic acids is 1. The number of hydrogen-bond acceptors (Lipinski definition) is 5. The number of carboxylic acid groups (broad SMARTS) is 1. The van der Waals surface area contributed by atoms with Gasteiger partial charge in [-0.1, -0.05) is 36.4 Å². The molecule has 0 aliphatic carbocycles. The van der Waals surface area contributed by atoms with E-state index in [0.717, 1.165) is 11.6 Å². The number of ether oxygens (including phenoxy) is 1. The Kier molecular flexibility index (Phi) is 5.47. The Morgan fingerprint density at radius 2 is 1.81 bits per heavy atom. The van der Waals surface area contributed by atoms with Crippen LogP contribution in [0.4, 0.5) is 0 Å². The minimum Gasteiger partial charge on any atom is -0.487 e. The highest BCUT2D eigenvalue weighted by atomic mass is 16.5. The van der Waals surface area contributed by atoms with Crippen LogP contribution in [0, 0.1) is 6.92 Å². The second-order valence-corrected chi connectivity index (χ2v) is 5.75. The zero-order valence-electron chi connectivity index (χ0n) is 14.6. The summed E-state index contributed by atoms with van der Waals surface area (Å²) in [5.41, 5.74) is 2.31. The Hall–Kier alpha value is -3.67. The molecular formula is C21H17NO5. The summed E-state index contributed by atoms with van der Waals surface area (Å²) >= 11 is 0. The van der Waals surface area contributed by atoms with Crippen molar-refractivity contribution < 1.29 is 23.8 Å². The molecule has 0 spiro atoms. The van der Waals surface area contributed by atoms with Crippen LogP contribution in [-0.2, 0) is 16.2 Å². The first-order chi connectivity index (χ1) is 13.0. The number of benzene rings is 2. The van der Waals surface area contributed by atoms with E-state index in [1.54, 1.807) is 24.3 Å². The molecule has 0 radical (unpaired) electrons. The van der Waals surface area contributed by atoms with Crippen molar-refractivity contribution >= 4 is 17.8 Å². The summed E-state index contributed by atoms with van der Waals surface area (Å²) in [5.74, 6) is -0.577. The number of rotatable bonds is 7. The Bertz CT molecular complexity index is 972. The highest BCUT2D eigenvalue weighted by molar-refractivity contribution is 6.38. The first-order valence-corrected chi connectivity index (χ1v) is 8.23. The monoisotopic (exact) mass is 363 g/mol. The van der Waals surface area contributed by atoms with E-state index in [2.05, 4.69) is 4.98 Å². The van der Waals surface area contributed by atoms with Gasteiger partial charge in [-0.3, -0.25) is 4.79 Å². The van der Waals surface area contributed by atoms with Crippen molar-refractivity contribution in [2.45, 2.75) is 13.5 Å². The fraction of sp³-hybridized carbons (Fsp3) is 0.0952. The van der Waals surface area contributed by atoms with Crippen molar-refractivity contribution in [3.8, 4) is 17.2 Å². The second kappa shape index (κ2) is 8.14. The maximum Gasteiger partial charge on any atom is 0.376 e. The summed E-state index contributed by atoms with van der Waals surface area (Å²) in [6.07, 6.45) is 2.45. The molecule has 1 aromatic heterocycles. The molecule has 1 N–H and O–H groups in total.